The van der Waals surface area contributed by atoms with Crippen LogP contribution in [-0.4, -0.2) is 32.0 Å². The number of hydrogen-bond acceptors (Lipinski definition) is 4. The summed E-state index contributed by atoms with van der Waals surface area (Å²) in [5.74, 6) is 2.77. The van der Waals surface area contributed by atoms with Crippen LogP contribution in [0.25, 0.3) is 0 Å². The molecule has 1 aromatic rings. The Morgan fingerprint density at radius 2 is 1.75 bits per heavy atom. The minimum absolute atomic E-state index is 0.205. The van der Waals surface area contributed by atoms with Crippen LogP contribution in [-0.2, 0) is 19.3 Å². The summed E-state index contributed by atoms with van der Waals surface area (Å²) < 4.78 is 17.4. The first-order valence-corrected chi connectivity index (χ1v) is 7.47. The number of rotatable bonds is 4. The number of methoxy groups -OCH3 is 1. The average molecular weight is 278 g/mol. The van der Waals surface area contributed by atoms with E-state index >= 15 is 0 Å². The quantitative estimate of drug-likeness (QED) is 0.918. The van der Waals surface area contributed by atoms with Gasteiger partial charge in [-0.05, 0) is 38.5 Å². The molecule has 0 bridgehead atoms. The molecule has 0 saturated carbocycles. The summed E-state index contributed by atoms with van der Waals surface area (Å²) in [7, 11) is 1.70. The molecule has 110 valence electrons. The van der Waals surface area contributed by atoms with E-state index in [2.05, 4.69) is 0 Å². The predicted molar refractivity (Wildman–Crippen MR) is 76.0 cm³/mol. The van der Waals surface area contributed by atoms with Crippen molar-refractivity contribution in [2.24, 2.45) is 0 Å². The van der Waals surface area contributed by atoms with Crippen LogP contribution in [0, 0.1) is 0 Å². The van der Waals surface area contributed by atoms with E-state index in [9.17, 15) is 0 Å². The fraction of sp³-hybridized carbons (Fsp3) is 0.625. The van der Waals surface area contributed by atoms with Crippen molar-refractivity contribution >= 4 is 0 Å². The number of fused-ring (bicyclic) bond motifs is 2. The Labute approximate surface area is 119 Å². The number of aliphatic hydroxyl groups is 1. The fourth-order valence-electron chi connectivity index (χ4n) is 3.23. The Bertz CT molecular complexity index is 459. The summed E-state index contributed by atoms with van der Waals surface area (Å²) in [5, 5.41) is 9.14. The molecule has 1 aromatic carbocycles. The van der Waals surface area contributed by atoms with Crippen molar-refractivity contribution in [2.45, 2.75) is 38.5 Å². The topological polar surface area (TPSA) is 47.9 Å². The Balaban J connectivity index is 2.15. The van der Waals surface area contributed by atoms with Crippen molar-refractivity contribution in [2.75, 3.05) is 26.9 Å². The van der Waals surface area contributed by atoms with Gasteiger partial charge in [0.05, 0.1) is 20.3 Å². The normalized spacial score (nSPS) is 16.7. The Morgan fingerprint density at radius 1 is 1.05 bits per heavy atom. The van der Waals surface area contributed by atoms with Crippen LogP contribution in [0.1, 0.15) is 36.0 Å². The molecule has 0 fully saturated rings. The van der Waals surface area contributed by atoms with Gasteiger partial charge in [-0.1, -0.05) is 0 Å². The van der Waals surface area contributed by atoms with Crippen LogP contribution < -0.4 is 14.2 Å². The van der Waals surface area contributed by atoms with Gasteiger partial charge >= 0.3 is 0 Å². The van der Waals surface area contributed by atoms with E-state index in [0.717, 1.165) is 74.6 Å². The molecule has 0 radical (unpaired) electrons. The SMILES string of the molecule is COc1c2c(c(CCCO)c3c1OCCC3)OCCC2. The van der Waals surface area contributed by atoms with Crippen molar-refractivity contribution in [3.8, 4) is 17.2 Å². The van der Waals surface area contributed by atoms with Gasteiger partial charge in [0, 0.05) is 23.3 Å². The minimum atomic E-state index is 0.205. The van der Waals surface area contributed by atoms with E-state index in [-0.39, 0.29) is 6.61 Å². The zero-order valence-electron chi connectivity index (χ0n) is 12.0. The lowest BCUT2D eigenvalue weighted by Gasteiger charge is -2.30. The smallest absolute Gasteiger partial charge is 0.167 e. The Hall–Kier alpha value is -1.42. The highest BCUT2D eigenvalue weighted by Crippen LogP contribution is 2.48. The molecule has 3 rings (SSSR count). The second kappa shape index (κ2) is 5.92. The van der Waals surface area contributed by atoms with Gasteiger partial charge < -0.3 is 19.3 Å². The van der Waals surface area contributed by atoms with Crippen LogP contribution >= 0.6 is 0 Å². The first-order valence-electron chi connectivity index (χ1n) is 7.47. The van der Waals surface area contributed by atoms with Crippen molar-refractivity contribution < 1.29 is 19.3 Å². The molecule has 0 aromatic heterocycles. The molecule has 0 atom stereocenters. The molecule has 0 spiro atoms. The van der Waals surface area contributed by atoms with Crippen LogP contribution in [0.3, 0.4) is 0 Å². The highest BCUT2D eigenvalue weighted by molar-refractivity contribution is 5.64. The molecule has 1 N–H and O–H groups in total. The van der Waals surface area contributed by atoms with Crippen molar-refractivity contribution in [3.05, 3.63) is 16.7 Å². The number of ether oxygens (including phenoxy) is 3. The van der Waals surface area contributed by atoms with Gasteiger partial charge in [0.15, 0.2) is 11.5 Å². The van der Waals surface area contributed by atoms with E-state index < -0.39 is 0 Å². The number of hydrogen-bond donors (Lipinski definition) is 1. The molecule has 0 amide bonds. The van der Waals surface area contributed by atoms with Gasteiger partial charge in [0.25, 0.3) is 0 Å². The van der Waals surface area contributed by atoms with Crippen molar-refractivity contribution in [3.63, 3.8) is 0 Å². The maximum Gasteiger partial charge on any atom is 0.167 e. The van der Waals surface area contributed by atoms with Crippen LogP contribution in [0.4, 0.5) is 0 Å². The summed E-state index contributed by atoms with van der Waals surface area (Å²) >= 11 is 0. The van der Waals surface area contributed by atoms with E-state index in [1.807, 2.05) is 0 Å². The highest BCUT2D eigenvalue weighted by atomic mass is 16.5. The van der Waals surface area contributed by atoms with E-state index in [4.69, 9.17) is 19.3 Å². The van der Waals surface area contributed by atoms with E-state index in [1.54, 1.807) is 7.11 Å². The number of benzene rings is 1. The predicted octanol–water partition coefficient (Wildman–Crippen LogP) is 2.27. The van der Waals surface area contributed by atoms with Gasteiger partial charge in [0.2, 0.25) is 0 Å². The van der Waals surface area contributed by atoms with Gasteiger partial charge in [-0.2, -0.15) is 0 Å². The van der Waals surface area contributed by atoms with Crippen molar-refractivity contribution in [1.29, 1.82) is 0 Å². The third-order valence-corrected chi connectivity index (χ3v) is 4.09. The second-order valence-corrected chi connectivity index (χ2v) is 5.36. The lowest BCUT2D eigenvalue weighted by Crippen LogP contribution is -2.18. The molecule has 0 saturated heterocycles. The van der Waals surface area contributed by atoms with Gasteiger partial charge in [-0.25, -0.2) is 0 Å². The van der Waals surface area contributed by atoms with Crippen molar-refractivity contribution in [1.82, 2.24) is 0 Å². The van der Waals surface area contributed by atoms with Crippen LogP contribution in [0.15, 0.2) is 0 Å². The monoisotopic (exact) mass is 278 g/mol. The third-order valence-electron chi connectivity index (χ3n) is 4.09. The number of aliphatic hydroxyl groups excluding tert-OH is 1. The highest BCUT2D eigenvalue weighted by Gasteiger charge is 2.29. The lowest BCUT2D eigenvalue weighted by atomic mass is 9.90. The lowest BCUT2D eigenvalue weighted by molar-refractivity contribution is 0.248. The van der Waals surface area contributed by atoms with E-state index in [0.29, 0.717) is 0 Å². The summed E-state index contributed by atoms with van der Waals surface area (Å²) in [5.41, 5.74) is 3.60. The molecule has 4 heteroatoms. The largest absolute Gasteiger partial charge is 0.493 e. The molecule has 20 heavy (non-hydrogen) atoms. The summed E-state index contributed by atoms with van der Waals surface area (Å²) in [4.78, 5) is 0. The molecule has 2 aliphatic rings. The first-order chi connectivity index (χ1) is 9.86. The minimum Gasteiger partial charge on any atom is -0.493 e. The second-order valence-electron chi connectivity index (χ2n) is 5.36. The standard InChI is InChI=1S/C16H22O4/c1-18-15-13-7-4-9-19-14(13)11(5-2-8-17)12-6-3-10-20-16(12)15/h17H,2-10H2,1H3. The summed E-state index contributed by atoms with van der Waals surface area (Å²) in [6.45, 7) is 1.72. The maximum atomic E-state index is 9.14. The molecular weight excluding hydrogens is 256 g/mol. The van der Waals surface area contributed by atoms with E-state index in [1.165, 1.54) is 11.1 Å². The summed E-state index contributed by atoms with van der Waals surface area (Å²) in [6, 6.07) is 0. The van der Waals surface area contributed by atoms with Gasteiger partial charge in [0.1, 0.15) is 5.75 Å². The third kappa shape index (κ3) is 2.22. The van der Waals surface area contributed by atoms with Gasteiger partial charge in [-0.3, -0.25) is 0 Å². The average Bonchev–Trinajstić information content (AvgIpc) is 2.51. The molecular formula is C16H22O4. The Morgan fingerprint density at radius 3 is 2.45 bits per heavy atom. The van der Waals surface area contributed by atoms with Crippen LogP contribution in [0.5, 0.6) is 17.2 Å². The molecule has 2 aliphatic heterocycles. The zero-order chi connectivity index (χ0) is 13.9. The molecule has 0 unspecified atom stereocenters. The van der Waals surface area contributed by atoms with Crippen LogP contribution in [0.2, 0.25) is 0 Å². The molecule has 0 aliphatic carbocycles. The maximum absolute atomic E-state index is 9.14. The fourth-order valence-corrected chi connectivity index (χ4v) is 3.23. The summed E-state index contributed by atoms with van der Waals surface area (Å²) in [6.07, 6.45) is 5.62. The first kappa shape index (κ1) is 13.6. The Kier molecular flexibility index (Phi) is 4.01. The molecule has 4 nitrogen and oxygen atoms in total. The van der Waals surface area contributed by atoms with Gasteiger partial charge in [-0.15, -0.1) is 0 Å². The molecule has 2 heterocycles. The zero-order valence-corrected chi connectivity index (χ0v) is 12.0.